The fourth-order valence-electron chi connectivity index (χ4n) is 2.06. The highest BCUT2D eigenvalue weighted by Crippen LogP contribution is 2.12. The van der Waals surface area contributed by atoms with Crippen molar-refractivity contribution in [2.75, 3.05) is 20.7 Å². The highest BCUT2D eigenvalue weighted by Gasteiger charge is 2.12. The maximum absolute atomic E-state index is 12.1. The van der Waals surface area contributed by atoms with Crippen LogP contribution in [0.25, 0.3) is 0 Å². The van der Waals surface area contributed by atoms with E-state index in [0.717, 1.165) is 11.3 Å². The average Bonchev–Trinajstić information content (AvgIpc) is 3.10. The minimum absolute atomic E-state index is 0.0411. The predicted octanol–water partition coefficient (Wildman–Crippen LogP) is 2.07. The second-order valence-corrected chi connectivity index (χ2v) is 5.08. The van der Waals surface area contributed by atoms with E-state index in [1.807, 2.05) is 24.3 Å². The number of nitrogens with zero attached hydrogens (tertiary/aromatic N) is 1. The molecular weight excluding hydrogens is 296 g/mol. The average molecular weight is 316 g/mol. The van der Waals surface area contributed by atoms with E-state index >= 15 is 0 Å². The summed E-state index contributed by atoms with van der Waals surface area (Å²) in [5.41, 5.74) is 1.02. The second kappa shape index (κ2) is 8.03. The van der Waals surface area contributed by atoms with Crippen LogP contribution in [-0.4, -0.2) is 37.4 Å². The Morgan fingerprint density at radius 1 is 1.22 bits per heavy atom. The van der Waals surface area contributed by atoms with E-state index in [1.54, 1.807) is 31.2 Å². The largest absolute Gasteiger partial charge is 0.497 e. The molecule has 0 aliphatic carbocycles. The number of methoxy groups -OCH3 is 1. The Morgan fingerprint density at radius 2 is 1.96 bits per heavy atom. The van der Waals surface area contributed by atoms with Gasteiger partial charge in [0, 0.05) is 26.6 Å². The van der Waals surface area contributed by atoms with Crippen LogP contribution >= 0.6 is 0 Å². The zero-order valence-corrected chi connectivity index (χ0v) is 13.2. The summed E-state index contributed by atoms with van der Waals surface area (Å²) >= 11 is 0. The van der Waals surface area contributed by atoms with Crippen LogP contribution in [0.3, 0.4) is 0 Å². The maximum Gasteiger partial charge on any atom is 0.286 e. The molecule has 1 aromatic heterocycles. The first-order chi connectivity index (χ1) is 11.1. The summed E-state index contributed by atoms with van der Waals surface area (Å²) in [5.74, 6) is 0.661. The van der Waals surface area contributed by atoms with Gasteiger partial charge in [0.1, 0.15) is 5.75 Å². The van der Waals surface area contributed by atoms with Crippen LogP contribution in [0, 0.1) is 0 Å². The third kappa shape index (κ3) is 4.88. The molecule has 122 valence electrons. The number of furan rings is 1. The van der Waals surface area contributed by atoms with Gasteiger partial charge in [-0.1, -0.05) is 12.1 Å². The molecule has 0 fully saturated rings. The molecule has 1 aromatic carbocycles. The van der Waals surface area contributed by atoms with Crippen molar-refractivity contribution in [3.05, 3.63) is 54.0 Å². The van der Waals surface area contributed by atoms with Gasteiger partial charge in [0.2, 0.25) is 5.91 Å². The number of rotatable bonds is 7. The Balaban J connectivity index is 1.75. The van der Waals surface area contributed by atoms with Gasteiger partial charge in [0.15, 0.2) is 5.76 Å². The minimum Gasteiger partial charge on any atom is -0.497 e. The number of amides is 2. The number of hydrogen-bond donors (Lipinski definition) is 1. The van der Waals surface area contributed by atoms with Crippen molar-refractivity contribution < 1.29 is 18.7 Å². The molecule has 0 aliphatic heterocycles. The normalized spacial score (nSPS) is 10.2. The number of carbonyl (C=O) groups is 2. The molecule has 0 unspecified atom stereocenters. The van der Waals surface area contributed by atoms with Crippen LogP contribution in [-0.2, 0) is 11.3 Å². The van der Waals surface area contributed by atoms with Crippen molar-refractivity contribution in [3.63, 3.8) is 0 Å². The standard InChI is InChI=1S/C17H20N2O4/c1-19(12-13-5-7-14(22-2)8-6-13)16(20)9-10-18-17(21)15-4-3-11-23-15/h3-8,11H,9-10,12H2,1-2H3,(H,18,21). The van der Waals surface area contributed by atoms with E-state index < -0.39 is 0 Å². The Bertz CT molecular complexity index is 635. The van der Waals surface area contributed by atoms with Crippen molar-refractivity contribution in [3.8, 4) is 5.75 Å². The summed E-state index contributed by atoms with van der Waals surface area (Å²) in [4.78, 5) is 25.4. The maximum atomic E-state index is 12.1. The Hall–Kier alpha value is -2.76. The second-order valence-electron chi connectivity index (χ2n) is 5.08. The lowest BCUT2D eigenvalue weighted by atomic mass is 10.2. The van der Waals surface area contributed by atoms with Crippen LogP contribution in [0.5, 0.6) is 5.75 Å². The molecule has 6 nitrogen and oxygen atoms in total. The summed E-state index contributed by atoms with van der Waals surface area (Å²) in [6.07, 6.45) is 1.67. The van der Waals surface area contributed by atoms with Gasteiger partial charge in [-0.2, -0.15) is 0 Å². The van der Waals surface area contributed by atoms with Gasteiger partial charge in [-0.3, -0.25) is 9.59 Å². The van der Waals surface area contributed by atoms with Crippen molar-refractivity contribution in [2.24, 2.45) is 0 Å². The summed E-state index contributed by atoms with van der Waals surface area (Å²) in [6, 6.07) is 10.8. The summed E-state index contributed by atoms with van der Waals surface area (Å²) in [6.45, 7) is 0.778. The van der Waals surface area contributed by atoms with Crippen LogP contribution in [0.15, 0.2) is 47.1 Å². The van der Waals surface area contributed by atoms with Gasteiger partial charge in [0.25, 0.3) is 5.91 Å². The predicted molar refractivity (Wildman–Crippen MR) is 85.1 cm³/mol. The topological polar surface area (TPSA) is 71.8 Å². The SMILES string of the molecule is COc1ccc(CN(C)C(=O)CCNC(=O)c2ccco2)cc1. The quantitative estimate of drug-likeness (QED) is 0.849. The number of nitrogens with one attached hydrogen (secondary N) is 1. The number of benzene rings is 1. The summed E-state index contributed by atoms with van der Waals surface area (Å²) in [7, 11) is 3.35. The van der Waals surface area contributed by atoms with E-state index in [2.05, 4.69) is 5.32 Å². The van der Waals surface area contributed by atoms with Gasteiger partial charge >= 0.3 is 0 Å². The molecule has 23 heavy (non-hydrogen) atoms. The van der Waals surface area contributed by atoms with Gasteiger partial charge in [-0.05, 0) is 29.8 Å². The molecule has 0 spiro atoms. The smallest absolute Gasteiger partial charge is 0.286 e. The molecule has 0 aliphatic rings. The lowest BCUT2D eigenvalue weighted by molar-refractivity contribution is -0.130. The molecular formula is C17H20N2O4. The molecule has 6 heteroatoms. The zero-order valence-electron chi connectivity index (χ0n) is 13.2. The summed E-state index contributed by atoms with van der Waals surface area (Å²) in [5, 5.41) is 2.65. The van der Waals surface area contributed by atoms with Gasteiger partial charge in [-0.25, -0.2) is 0 Å². The molecule has 1 heterocycles. The minimum atomic E-state index is -0.319. The van der Waals surface area contributed by atoms with Crippen LogP contribution < -0.4 is 10.1 Å². The summed E-state index contributed by atoms with van der Waals surface area (Å²) < 4.78 is 10.1. The van der Waals surface area contributed by atoms with Crippen molar-refractivity contribution >= 4 is 11.8 Å². The highest BCUT2D eigenvalue weighted by atomic mass is 16.5. The van der Waals surface area contributed by atoms with Crippen molar-refractivity contribution in [2.45, 2.75) is 13.0 Å². The Morgan fingerprint density at radius 3 is 2.57 bits per heavy atom. The third-order valence-electron chi connectivity index (χ3n) is 3.37. The Labute approximate surface area is 135 Å². The molecule has 0 radical (unpaired) electrons. The zero-order chi connectivity index (χ0) is 16.7. The molecule has 2 rings (SSSR count). The fourth-order valence-corrected chi connectivity index (χ4v) is 2.06. The number of ether oxygens (including phenoxy) is 1. The first kappa shape index (κ1) is 16.6. The van der Waals surface area contributed by atoms with Gasteiger partial charge < -0.3 is 19.4 Å². The molecule has 0 saturated heterocycles. The third-order valence-corrected chi connectivity index (χ3v) is 3.37. The monoisotopic (exact) mass is 316 g/mol. The number of carbonyl (C=O) groups excluding carboxylic acids is 2. The van der Waals surface area contributed by atoms with Crippen molar-refractivity contribution in [1.82, 2.24) is 10.2 Å². The van der Waals surface area contributed by atoms with E-state index in [9.17, 15) is 9.59 Å². The van der Waals surface area contributed by atoms with Crippen molar-refractivity contribution in [1.29, 1.82) is 0 Å². The molecule has 1 N–H and O–H groups in total. The first-order valence-electron chi connectivity index (χ1n) is 7.28. The molecule has 0 bridgehead atoms. The van der Waals surface area contributed by atoms with E-state index in [-0.39, 0.29) is 30.5 Å². The number of hydrogen-bond acceptors (Lipinski definition) is 4. The van der Waals surface area contributed by atoms with Gasteiger partial charge in [-0.15, -0.1) is 0 Å². The van der Waals surface area contributed by atoms with Gasteiger partial charge in [0.05, 0.1) is 13.4 Å². The molecule has 2 amide bonds. The van der Waals surface area contributed by atoms with E-state index in [1.165, 1.54) is 6.26 Å². The van der Waals surface area contributed by atoms with Crippen LogP contribution in [0.4, 0.5) is 0 Å². The van der Waals surface area contributed by atoms with Crippen LogP contribution in [0.2, 0.25) is 0 Å². The highest BCUT2D eigenvalue weighted by molar-refractivity contribution is 5.91. The molecule has 0 saturated carbocycles. The fraction of sp³-hybridized carbons (Fsp3) is 0.294. The van der Waals surface area contributed by atoms with Crippen LogP contribution in [0.1, 0.15) is 22.5 Å². The molecule has 0 atom stereocenters. The lowest BCUT2D eigenvalue weighted by Gasteiger charge is -2.17. The first-order valence-corrected chi connectivity index (χ1v) is 7.28. The molecule has 2 aromatic rings. The van der Waals surface area contributed by atoms with E-state index in [0.29, 0.717) is 6.54 Å². The van der Waals surface area contributed by atoms with E-state index in [4.69, 9.17) is 9.15 Å². The lowest BCUT2D eigenvalue weighted by Crippen LogP contribution is -2.31. The Kier molecular flexibility index (Phi) is 5.80.